The van der Waals surface area contributed by atoms with Crippen LogP contribution in [0.15, 0.2) is 21.3 Å². The van der Waals surface area contributed by atoms with Crippen molar-refractivity contribution >= 4 is 36.8 Å². The topological polar surface area (TPSA) is 164 Å². The molecule has 0 aliphatic carbocycles. The molecule has 0 aliphatic rings. The lowest BCUT2D eigenvalue weighted by molar-refractivity contribution is -0.135. The lowest BCUT2D eigenvalue weighted by atomic mass is 9.97. The molecule has 0 unspecified atom stereocenters. The molecule has 0 saturated heterocycles. The Morgan fingerprint density at radius 3 is 2.44 bits per heavy atom. The minimum atomic E-state index is -4.10. The van der Waals surface area contributed by atoms with Crippen LogP contribution < -0.4 is 15.8 Å². The Labute approximate surface area is 193 Å². The average molecular weight is 510 g/mol. The molecule has 0 fully saturated rings. The highest BCUT2D eigenvalue weighted by Crippen LogP contribution is 2.33. The molecule has 0 bridgehead atoms. The number of nitrogens with zero attached hydrogens (tertiary/aromatic N) is 2. The Balaban J connectivity index is 0.000000433. The van der Waals surface area contributed by atoms with Gasteiger partial charge in [0, 0.05) is 11.5 Å². The minimum absolute atomic E-state index is 0.0434. The van der Waals surface area contributed by atoms with E-state index in [1.807, 2.05) is 20.8 Å². The summed E-state index contributed by atoms with van der Waals surface area (Å²) < 4.78 is 21.6. The fourth-order valence-electron chi connectivity index (χ4n) is 1.95. The SMILES string of the molecule is C#CCOc1cc(-n2nc(C(C)(C)C)oc2=O)c(Cl)cc1Cl.O=C(O)CNCP(=O)(O)O. The predicted octanol–water partition coefficient (Wildman–Crippen LogP) is 2.24. The van der Waals surface area contributed by atoms with Gasteiger partial charge in [0.25, 0.3) is 0 Å². The fourth-order valence-corrected chi connectivity index (χ4v) is 2.87. The van der Waals surface area contributed by atoms with Crippen LogP contribution >= 0.6 is 30.8 Å². The Morgan fingerprint density at radius 2 is 1.97 bits per heavy atom. The number of halogens is 2. The van der Waals surface area contributed by atoms with Gasteiger partial charge in [-0.1, -0.05) is 49.9 Å². The number of aromatic nitrogens is 2. The molecule has 14 heteroatoms. The second kappa shape index (κ2) is 11.5. The van der Waals surface area contributed by atoms with Gasteiger partial charge in [-0.2, -0.15) is 4.68 Å². The van der Waals surface area contributed by atoms with Crippen LogP contribution in [0, 0.1) is 12.3 Å². The van der Waals surface area contributed by atoms with E-state index in [0.717, 1.165) is 4.68 Å². The number of carboxylic acids is 1. The number of carbonyl (C=O) groups is 1. The number of benzene rings is 1. The molecule has 0 atom stereocenters. The smallest absolute Gasteiger partial charge is 0.442 e. The number of carboxylic acid groups (broad SMARTS) is 1. The second-order valence-corrected chi connectivity index (χ2v) is 9.67. The van der Waals surface area contributed by atoms with Crippen LogP contribution in [0.25, 0.3) is 5.69 Å². The molecule has 1 aromatic carbocycles. The molecule has 32 heavy (non-hydrogen) atoms. The van der Waals surface area contributed by atoms with Gasteiger partial charge in [0.15, 0.2) is 0 Å². The first-order valence-corrected chi connectivity index (χ1v) is 11.3. The van der Waals surface area contributed by atoms with E-state index in [4.69, 9.17) is 53.7 Å². The van der Waals surface area contributed by atoms with Crippen LogP contribution in [0.5, 0.6) is 5.75 Å². The summed E-state index contributed by atoms with van der Waals surface area (Å²) >= 11 is 12.2. The molecule has 4 N–H and O–H groups in total. The van der Waals surface area contributed by atoms with E-state index in [1.54, 1.807) is 0 Å². The quantitative estimate of drug-likeness (QED) is 0.321. The number of ether oxygens (including phenoxy) is 1. The summed E-state index contributed by atoms with van der Waals surface area (Å²) in [5, 5.41) is 14.8. The molecule has 0 aliphatic heterocycles. The number of nitrogens with one attached hydrogen (secondary N) is 1. The molecule has 0 amide bonds. The Kier molecular flexibility index (Phi) is 9.97. The van der Waals surface area contributed by atoms with Crippen molar-refractivity contribution in [3.63, 3.8) is 0 Å². The summed E-state index contributed by atoms with van der Waals surface area (Å²) in [6.07, 6.45) is 4.56. The largest absolute Gasteiger partial charge is 0.480 e. The molecule has 11 nitrogen and oxygen atoms in total. The van der Waals surface area contributed by atoms with Crippen molar-refractivity contribution in [3.8, 4) is 23.8 Å². The molecule has 1 heterocycles. The van der Waals surface area contributed by atoms with Crippen LogP contribution in [-0.4, -0.2) is 50.1 Å². The van der Waals surface area contributed by atoms with Crippen LogP contribution in [0.2, 0.25) is 10.0 Å². The number of hydrogen-bond donors (Lipinski definition) is 4. The summed E-state index contributed by atoms with van der Waals surface area (Å²) in [6.45, 7) is 5.25. The highest BCUT2D eigenvalue weighted by molar-refractivity contribution is 7.51. The van der Waals surface area contributed by atoms with E-state index in [1.165, 1.54) is 12.1 Å². The molecular formula is C18H22Cl2N3O8P. The third-order valence-electron chi connectivity index (χ3n) is 3.32. The van der Waals surface area contributed by atoms with Gasteiger partial charge in [0.1, 0.15) is 12.4 Å². The Hall–Kier alpha value is -2.32. The van der Waals surface area contributed by atoms with Gasteiger partial charge in [0.05, 0.1) is 28.6 Å². The molecule has 1 aromatic heterocycles. The van der Waals surface area contributed by atoms with Gasteiger partial charge < -0.3 is 24.0 Å². The second-order valence-electron chi connectivity index (χ2n) is 7.21. The minimum Gasteiger partial charge on any atom is -0.480 e. The van der Waals surface area contributed by atoms with Crippen LogP contribution in [0.4, 0.5) is 0 Å². The van der Waals surface area contributed by atoms with Crippen LogP contribution in [-0.2, 0) is 14.8 Å². The first kappa shape index (κ1) is 27.7. The van der Waals surface area contributed by atoms with Crippen LogP contribution in [0.1, 0.15) is 26.7 Å². The molecule has 176 valence electrons. The highest BCUT2D eigenvalue weighted by atomic mass is 35.5. The first-order valence-electron chi connectivity index (χ1n) is 8.79. The lowest BCUT2D eigenvalue weighted by Crippen LogP contribution is -2.23. The summed E-state index contributed by atoms with van der Waals surface area (Å²) in [6, 6.07) is 2.96. The van der Waals surface area contributed by atoms with Crippen molar-refractivity contribution < 1.29 is 33.4 Å². The molecule has 0 saturated carbocycles. The van der Waals surface area contributed by atoms with Gasteiger partial charge >= 0.3 is 19.3 Å². The molecule has 0 radical (unpaired) electrons. The van der Waals surface area contributed by atoms with Crippen molar-refractivity contribution in [1.29, 1.82) is 0 Å². The number of aliphatic carboxylic acids is 1. The number of rotatable bonds is 7. The zero-order chi connectivity index (χ0) is 24.7. The van der Waals surface area contributed by atoms with Crippen molar-refractivity contribution in [3.05, 3.63) is 38.6 Å². The van der Waals surface area contributed by atoms with E-state index < -0.39 is 37.6 Å². The van der Waals surface area contributed by atoms with E-state index in [-0.39, 0.29) is 16.7 Å². The number of hydrogen-bond acceptors (Lipinski definition) is 7. The van der Waals surface area contributed by atoms with Crippen molar-refractivity contribution in [2.45, 2.75) is 26.2 Å². The van der Waals surface area contributed by atoms with E-state index >= 15 is 0 Å². The van der Waals surface area contributed by atoms with Gasteiger partial charge in [-0.15, -0.1) is 11.5 Å². The fraction of sp³-hybridized carbons (Fsp3) is 0.389. The Morgan fingerprint density at radius 1 is 1.34 bits per heavy atom. The number of terminal acetylenes is 1. The third kappa shape index (κ3) is 9.04. The molecular weight excluding hydrogens is 488 g/mol. The average Bonchev–Trinajstić information content (AvgIpc) is 3.02. The maximum atomic E-state index is 12.0. The van der Waals surface area contributed by atoms with Crippen molar-refractivity contribution in [2.75, 3.05) is 19.4 Å². The van der Waals surface area contributed by atoms with Gasteiger partial charge in [-0.05, 0) is 6.07 Å². The summed E-state index contributed by atoms with van der Waals surface area (Å²) in [5.41, 5.74) is -0.103. The molecule has 2 aromatic rings. The lowest BCUT2D eigenvalue weighted by Gasteiger charge is -2.11. The van der Waals surface area contributed by atoms with E-state index in [0.29, 0.717) is 17.3 Å². The normalized spacial score (nSPS) is 11.3. The van der Waals surface area contributed by atoms with Gasteiger partial charge in [-0.25, -0.2) is 4.79 Å². The van der Waals surface area contributed by atoms with Gasteiger partial charge in [-0.3, -0.25) is 14.7 Å². The molecule has 0 spiro atoms. The van der Waals surface area contributed by atoms with Crippen LogP contribution in [0.3, 0.4) is 0 Å². The maximum Gasteiger partial charge on any atom is 0.442 e. The first-order chi connectivity index (χ1) is 14.7. The standard InChI is InChI=1S/C15H14Cl2N2O3.C3H8NO5P/c1-5-6-21-12-8-11(9(16)7-10(12)17)19-14(20)22-13(18-19)15(2,3)4;5-3(6)1-4-2-10(7,8)9/h1,7-8H,6H2,2-4H3;4H,1-2H2,(H,5,6)(H2,7,8,9). The van der Waals surface area contributed by atoms with Crippen molar-refractivity contribution in [1.82, 2.24) is 15.1 Å². The van der Waals surface area contributed by atoms with Crippen molar-refractivity contribution in [2.24, 2.45) is 0 Å². The summed E-state index contributed by atoms with van der Waals surface area (Å²) in [5.74, 6) is 1.16. The summed E-state index contributed by atoms with van der Waals surface area (Å²) in [7, 11) is -4.10. The predicted molar refractivity (Wildman–Crippen MR) is 118 cm³/mol. The third-order valence-corrected chi connectivity index (χ3v) is 4.56. The zero-order valence-electron chi connectivity index (χ0n) is 17.3. The zero-order valence-corrected chi connectivity index (χ0v) is 19.7. The molecule has 2 rings (SSSR count). The highest BCUT2D eigenvalue weighted by Gasteiger charge is 2.24. The van der Waals surface area contributed by atoms with E-state index in [9.17, 15) is 14.2 Å². The van der Waals surface area contributed by atoms with E-state index in [2.05, 4.69) is 16.3 Å². The maximum absolute atomic E-state index is 12.0. The monoisotopic (exact) mass is 509 g/mol. The summed E-state index contributed by atoms with van der Waals surface area (Å²) in [4.78, 5) is 38.2. The Bertz CT molecular complexity index is 1100. The van der Waals surface area contributed by atoms with Gasteiger partial charge in [0.2, 0.25) is 5.89 Å².